The largest absolute Gasteiger partial charge is 0.303 e. The van der Waals surface area contributed by atoms with E-state index in [1.807, 2.05) is 11.8 Å². The average Bonchev–Trinajstić information content (AvgIpc) is 3.11. The molecular formula is C22H33N5S. The van der Waals surface area contributed by atoms with Crippen molar-refractivity contribution in [2.45, 2.75) is 56.8 Å². The van der Waals surface area contributed by atoms with Crippen LogP contribution in [0.3, 0.4) is 0 Å². The number of benzene rings is 1. The van der Waals surface area contributed by atoms with Crippen molar-refractivity contribution in [2.75, 3.05) is 38.5 Å². The maximum absolute atomic E-state index is 4.61. The normalized spacial score (nSPS) is 19.1. The second-order valence-electron chi connectivity index (χ2n) is 8.06. The molecule has 0 spiro atoms. The zero-order valence-electron chi connectivity index (χ0n) is 16.9. The van der Waals surface area contributed by atoms with E-state index in [0.29, 0.717) is 0 Å². The molecule has 152 valence electrons. The van der Waals surface area contributed by atoms with Crippen LogP contribution in [0.15, 0.2) is 35.5 Å². The van der Waals surface area contributed by atoms with Crippen LogP contribution in [0.5, 0.6) is 0 Å². The van der Waals surface area contributed by atoms with Crippen LogP contribution in [0.2, 0.25) is 0 Å². The number of likely N-dealkylation sites (tertiary alicyclic amines) is 2. The van der Waals surface area contributed by atoms with Gasteiger partial charge in [0.2, 0.25) is 0 Å². The molecule has 0 aliphatic carbocycles. The lowest BCUT2D eigenvalue weighted by Crippen LogP contribution is -2.31. The first-order valence-corrected chi connectivity index (χ1v) is 11.9. The summed E-state index contributed by atoms with van der Waals surface area (Å²) in [6, 6.07) is 10.7. The van der Waals surface area contributed by atoms with E-state index in [9.17, 15) is 0 Å². The number of hydrogen-bond donors (Lipinski definition) is 0. The van der Waals surface area contributed by atoms with Crippen LogP contribution in [0.1, 0.15) is 49.9 Å². The Morgan fingerprint density at radius 1 is 0.750 bits per heavy atom. The zero-order valence-corrected chi connectivity index (χ0v) is 17.7. The molecule has 4 rings (SSSR count). The Bertz CT molecular complexity index is 705. The van der Waals surface area contributed by atoms with Gasteiger partial charge in [0, 0.05) is 12.3 Å². The standard InChI is InChI=1S/C22H33N5S/c1-4-10-20(11-5-1)18-27-21(19-26-14-8-3-9-15-26)23-24-22(27)28-17-16-25-12-6-2-7-13-25/h1,4-5,10-11H,2-3,6-9,12-19H2. The number of rotatable bonds is 8. The van der Waals surface area contributed by atoms with Gasteiger partial charge in [-0.25, -0.2) is 0 Å². The van der Waals surface area contributed by atoms with Crippen LogP contribution < -0.4 is 0 Å². The number of piperidine rings is 2. The fourth-order valence-corrected chi connectivity index (χ4v) is 5.19. The van der Waals surface area contributed by atoms with Crippen molar-refractivity contribution in [1.82, 2.24) is 24.6 Å². The molecule has 3 heterocycles. The summed E-state index contributed by atoms with van der Waals surface area (Å²) in [5.41, 5.74) is 1.32. The highest BCUT2D eigenvalue weighted by molar-refractivity contribution is 7.99. The predicted octanol–water partition coefficient (Wildman–Crippen LogP) is 3.89. The first-order valence-electron chi connectivity index (χ1n) is 10.9. The third-order valence-electron chi connectivity index (χ3n) is 5.88. The molecule has 0 bridgehead atoms. The Balaban J connectivity index is 1.43. The highest BCUT2D eigenvalue weighted by Gasteiger charge is 2.18. The summed E-state index contributed by atoms with van der Waals surface area (Å²) in [6.45, 7) is 7.85. The molecule has 0 atom stereocenters. The van der Waals surface area contributed by atoms with Crippen molar-refractivity contribution in [2.24, 2.45) is 0 Å². The Kier molecular flexibility index (Phi) is 7.41. The van der Waals surface area contributed by atoms with Gasteiger partial charge in [-0.2, -0.15) is 0 Å². The van der Waals surface area contributed by atoms with E-state index in [1.54, 1.807) is 0 Å². The molecule has 6 heteroatoms. The smallest absolute Gasteiger partial charge is 0.191 e. The van der Waals surface area contributed by atoms with Crippen LogP contribution >= 0.6 is 11.8 Å². The van der Waals surface area contributed by atoms with E-state index in [2.05, 4.69) is 54.9 Å². The molecule has 1 aromatic heterocycles. The maximum atomic E-state index is 4.61. The highest BCUT2D eigenvalue weighted by atomic mass is 32.2. The van der Waals surface area contributed by atoms with Crippen LogP contribution in [0, 0.1) is 0 Å². The summed E-state index contributed by atoms with van der Waals surface area (Å²) < 4.78 is 2.35. The number of hydrogen-bond acceptors (Lipinski definition) is 5. The SMILES string of the molecule is c1ccc(Cn2c(CN3CCCCC3)nnc2SCCN2CCCCC2)cc1. The van der Waals surface area contributed by atoms with E-state index in [-0.39, 0.29) is 0 Å². The molecule has 2 aliphatic heterocycles. The van der Waals surface area contributed by atoms with Crippen molar-refractivity contribution in [3.63, 3.8) is 0 Å². The minimum Gasteiger partial charge on any atom is -0.303 e. The molecule has 0 N–H and O–H groups in total. The van der Waals surface area contributed by atoms with Gasteiger partial charge >= 0.3 is 0 Å². The van der Waals surface area contributed by atoms with Gasteiger partial charge in [-0.3, -0.25) is 4.90 Å². The van der Waals surface area contributed by atoms with Gasteiger partial charge in [0.25, 0.3) is 0 Å². The molecule has 0 radical (unpaired) electrons. The molecule has 0 unspecified atom stereocenters. The van der Waals surface area contributed by atoms with Crippen LogP contribution in [-0.4, -0.2) is 63.0 Å². The maximum Gasteiger partial charge on any atom is 0.191 e. The van der Waals surface area contributed by atoms with Gasteiger partial charge in [0.1, 0.15) is 5.82 Å². The minimum atomic E-state index is 0.864. The van der Waals surface area contributed by atoms with Crippen molar-refractivity contribution >= 4 is 11.8 Å². The summed E-state index contributed by atoms with van der Waals surface area (Å²) in [7, 11) is 0. The lowest BCUT2D eigenvalue weighted by Gasteiger charge is -2.26. The first kappa shape index (κ1) is 19.9. The molecule has 2 aliphatic rings. The zero-order chi connectivity index (χ0) is 19.0. The third kappa shape index (κ3) is 5.58. The molecule has 2 saturated heterocycles. The average molecular weight is 400 g/mol. The molecule has 5 nitrogen and oxygen atoms in total. The fraction of sp³-hybridized carbons (Fsp3) is 0.636. The molecule has 0 saturated carbocycles. The second-order valence-corrected chi connectivity index (χ2v) is 9.12. The Hall–Kier alpha value is -1.37. The van der Waals surface area contributed by atoms with Crippen molar-refractivity contribution in [3.05, 3.63) is 41.7 Å². The second kappa shape index (κ2) is 10.4. The summed E-state index contributed by atoms with van der Waals surface area (Å²) in [5.74, 6) is 2.21. The van der Waals surface area contributed by atoms with Crippen LogP contribution in [0.25, 0.3) is 0 Å². The van der Waals surface area contributed by atoms with Gasteiger partial charge in [-0.05, 0) is 57.4 Å². The Morgan fingerprint density at radius 2 is 1.43 bits per heavy atom. The summed E-state index contributed by atoms with van der Waals surface area (Å²) >= 11 is 1.87. The third-order valence-corrected chi connectivity index (χ3v) is 6.82. The molecule has 0 amide bonds. The van der Waals surface area contributed by atoms with E-state index >= 15 is 0 Å². The van der Waals surface area contributed by atoms with E-state index in [0.717, 1.165) is 36.4 Å². The number of aromatic nitrogens is 3. The lowest BCUT2D eigenvalue weighted by molar-refractivity contribution is 0.213. The minimum absolute atomic E-state index is 0.864. The first-order chi connectivity index (χ1) is 13.9. The van der Waals surface area contributed by atoms with E-state index < -0.39 is 0 Å². The Morgan fingerprint density at radius 3 is 2.14 bits per heavy atom. The molecule has 28 heavy (non-hydrogen) atoms. The summed E-state index contributed by atoms with van der Waals surface area (Å²) in [5, 5.41) is 10.3. The monoisotopic (exact) mass is 399 g/mol. The number of thioether (sulfide) groups is 1. The molecular weight excluding hydrogens is 366 g/mol. The molecule has 1 aromatic carbocycles. The van der Waals surface area contributed by atoms with Gasteiger partial charge in [0.15, 0.2) is 5.16 Å². The lowest BCUT2D eigenvalue weighted by atomic mass is 10.1. The van der Waals surface area contributed by atoms with Crippen molar-refractivity contribution in [1.29, 1.82) is 0 Å². The summed E-state index contributed by atoms with van der Waals surface area (Å²) in [6.07, 6.45) is 8.10. The predicted molar refractivity (Wildman–Crippen MR) is 116 cm³/mol. The van der Waals surface area contributed by atoms with Crippen molar-refractivity contribution in [3.8, 4) is 0 Å². The van der Waals surface area contributed by atoms with Crippen LogP contribution in [-0.2, 0) is 13.1 Å². The Labute approximate surface area is 173 Å². The quantitative estimate of drug-likeness (QED) is 0.630. The molecule has 2 fully saturated rings. The van der Waals surface area contributed by atoms with E-state index in [4.69, 9.17) is 0 Å². The molecule has 2 aromatic rings. The summed E-state index contributed by atoms with van der Waals surface area (Å²) in [4.78, 5) is 5.14. The van der Waals surface area contributed by atoms with Crippen molar-refractivity contribution < 1.29 is 0 Å². The highest BCUT2D eigenvalue weighted by Crippen LogP contribution is 2.21. The fourth-order valence-electron chi connectivity index (χ4n) is 4.23. The topological polar surface area (TPSA) is 37.2 Å². The van der Waals surface area contributed by atoms with Gasteiger partial charge in [-0.1, -0.05) is 54.9 Å². The van der Waals surface area contributed by atoms with Crippen LogP contribution in [0.4, 0.5) is 0 Å². The van der Waals surface area contributed by atoms with Gasteiger partial charge in [0.05, 0.1) is 13.1 Å². The van der Waals surface area contributed by atoms with Gasteiger partial charge < -0.3 is 9.47 Å². The van der Waals surface area contributed by atoms with E-state index in [1.165, 1.54) is 70.3 Å². The van der Waals surface area contributed by atoms with Gasteiger partial charge in [-0.15, -0.1) is 10.2 Å². The number of nitrogens with zero attached hydrogens (tertiary/aromatic N) is 5.